The first-order valence-electron chi connectivity index (χ1n) is 1.97. The molecule has 0 heterocycles. The van der Waals surface area contributed by atoms with Crippen LogP contribution in [-0.2, 0) is 4.74 Å². The molecule has 0 aliphatic rings. The van der Waals surface area contributed by atoms with E-state index in [9.17, 15) is 0 Å². The quantitative estimate of drug-likeness (QED) is 0.379. The number of hydrogen-bond acceptors (Lipinski definition) is 2. The Hall–Kier alpha value is -1.23. The molecule has 0 radical (unpaired) electrons. The van der Waals surface area contributed by atoms with E-state index < -0.39 is 0 Å². The zero-order valence-electron chi connectivity index (χ0n) is 4.92. The van der Waals surface area contributed by atoms with Crippen molar-refractivity contribution in [3.8, 4) is 6.07 Å². The first kappa shape index (κ1) is 9.91. The van der Waals surface area contributed by atoms with Crippen molar-refractivity contribution in [2.24, 2.45) is 0 Å². The summed E-state index contributed by atoms with van der Waals surface area (Å²) in [6.07, 6.45) is 2.56. The zero-order chi connectivity index (χ0) is 6.83. The van der Waals surface area contributed by atoms with Crippen LogP contribution in [-0.4, -0.2) is 7.11 Å². The molecule has 0 aromatic carbocycles. The van der Waals surface area contributed by atoms with Crippen molar-refractivity contribution in [3.63, 3.8) is 0 Å². The SMILES string of the molecule is C=CC#N.C=COC. The second kappa shape index (κ2) is 17.1. The van der Waals surface area contributed by atoms with Crippen LogP contribution < -0.4 is 0 Å². The summed E-state index contributed by atoms with van der Waals surface area (Å²) in [6, 6.07) is 1.69. The fraction of sp³-hybridized carbons (Fsp3) is 0.167. The number of hydrogen-bond donors (Lipinski definition) is 0. The van der Waals surface area contributed by atoms with Crippen molar-refractivity contribution in [1.29, 1.82) is 5.26 Å². The average Bonchev–Trinajstić information content (AvgIpc) is 1.88. The van der Waals surface area contributed by atoms with Crippen LogP contribution in [0.1, 0.15) is 0 Å². The number of ether oxygens (including phenoxy) is 1. The fourth-order valence-electron chi connectivity index (χ4n) is 0. The van der Waals surface area contributed by atoms with Gasteiger partial charge in [-0.3, -0.25) is 0 Å². The van der Waals surface area contributed by atoms with Gasteiger partial charge in [-0.15, -0.1) is 0 Å². The first-order chi connectivity index (χ1) is 3.83. The number of methoxy groups -OCH3 is 1. The van der Waals surface area contributed by atoms with Gasteiger partial charge in [0.1, 0.15) is 0 Å². The van der Waals surface area contributed by atoms with Crippen molar-refractivity contribution in [3.05, 3.63) is 25.5 Å². The summed E-state index contributed by atoms with van der Waals surface area (Å²) < 4.78 is 4.31. The molecular weight excluding hydrogens is 102 g/mol. The Morgan fingerprint density at radius 2 is 1.88 bits per heavy atom. The molecule has 0 rings (SSSR count). The molecule has 0 atom stereocenters. The van der Waals surface area contributed by atoms with Gasteiger partial charge in [-0.2, -0.15) is 5.26 Å². The van der Waals surface area contributed by atoms with E-state index in [0.29, 0.717) is 0 Å². The third-order valence-corrected chi connectivity index (χ3v) is 0.258. The summed E-state index contributed by atoms with van der Waals surface area (Å²) >= 11 is 0. The maximum absolute atomic E-state index is 7.51. The molecule has 0 unspecified atom stereocenters. The second-order valence-corrected chi connectivity index (χ2v) is 0.736. The fourth-order valence-corrected chi connectivity index (χ4v) is 0. The van der Waals surface area contributed by atoms with Crippen LogP contribution in [0.15, 0.2) is 25.5 Å². The standard InChI is InChI=1S/C3H3N.C3H6O/c1-2-3-4;1-3-4-2/h2H,1H2;3H,1H2,2H3. The summed E-state index contributed by atoms with van der Waals surface area (Å²) in [6.45, 7) is 6.38. The summed E-state index contributed by atoms with van der Waals surface area (Å²) in [5.74, 6) is 0. The Labute approximate surface area is 49.7 Å². The molecule has 2 nitrogen and oxygen atoms in total. The smallest absolute Gasteiger partial charge is 0.0905 e. The molecule has 0 aliphatic heterocycles. The van der Waals surface area contributed by atoms with Crippen molar-refractivity contribution in [2.45, 2.75) is 0 Å². The van der Waals surface area contributed by atoms with Crippen molar-refractivity contribution in [1.82, 2.24) is 0 Å². The van der Waals surface area contributed by atoms with Crippen molar-refractivity contribution < 1.29 is 4.74 Å². The van der Waals surface area contributed by atoms with Crippen LogP contribution in [0, 0.1) is 11.3 Å². The molecule has 44 valence electrons. The molecule has 0 saturated carbocycles. The second-order valence-electron chi connectivity index (χ2n) is 0.736. The monoisotopic (exact) mass is 111 g/mol. The van der Waals surface area contributed by atoms with E-state index in [-0.39, 0.29) is 0 Å². The summed E-state index contributed by atoms with van der Waals surface area (Å²) in [5.41, 5.74) is 0. The Morgan fingerprint density at radius 3 is 1.88 bits per heavy atom. The topological polar surface area (TPSA) is 33.0 Å². The Bertz CT molecular complexity index is 91.2. The number of allylic oxidation sites excluding steroid dienone is 1. The van der Waals surface area contributed by atoms with E-state index in [4.69, 9.17) is 5.26 Å². The highest BCUT2D eigenvalue weighted by atomic mass is 16.5. The van der Waals surface area contributed by atoms with E-state index >= 15 is 0 Å². The van der Waals surface area contributed by atoms with Crippen LogP contribution >= 0.6 is 0 Å². The van der Waals surface area contributed by atoms with Crippen LogP contribution in [0.5, 0.6) is 0 Å². The third kappa shape index (κ3) is 114. The highest BCUT2D eigenvalue weighted by molar-refractivity contribution is 4.93. The van der Waals surface area contributed by atoms with Crippen LogP contribution in [0.2, 0.25) is 0 Å². The van der Waals surface area contributed by atoms with Crippen molar-refractivity contribution >= 4 is 0 Å². The van der Waals surface area contributed by atoms with Crippen LogP contribution in [0.3, 0.4) is 0 Å². The maximum Gasteiger partial charge on any atom is 0.0905 e. The summed E-state index contributed by atoms with van der Waals surface area (Å²) in [7, 11) is 1.56. The van der Waals surface area contributed by atoms with Gasteiger partial charge in [-0.05, 0) is 0 Å². The lowest BCUT2D eigenvalue weighted by molar-refractivity contribution is 0.339. The summed E-state index contributed by atoms with van der Waals surface area (Å²) in [5, 5.41) is 7.51. The first-order valence-corrected chi connectivity index (χ1v) is 1.97. The van der Waals surface area contributed by atoms with Crippen molar-refractivity contribution in [2.75, 3.05) is 7.11 Å². The molecule has 8 heavy (non-hydrogen) atoms. The highest BCUT2D eigenvalue weighted by Crippen LogP contribution is 1.52. The van der Waals surface area contributed by atoms with Gasteiger partial charge in [0.05, 0.1) is 19.4 Å². The predicted molar refractivity (Wildman–Crippen MR) is 33.0 cm³/mol. The lowest BCUT2D eigenvalue weighted by Crippen LogP contribution is -1.54. The Balaban J connectivity index is 0. The van der Waals surface area contributed by atoms with Gasteiger partial charge in [0.15, 0.2) is 0 Å². The van der Waals surface area contributed by atoms with Gasteiger partial charge in [0.2, 0.25) is 0 Å². The van der Waals surface area contributed by atoms with E-state index in [1.165, 1.54) is 12.3 Å². The zero-order valence-corrected chi connectivity index (χ0v) is 4.92. The predicted octanol–water partition coefficient (Wildman–Crippen LogP) is 1.47. The van der Waals surface area contributed by atoms with E-state index in [0.717, 1.165) is 0 Å². The molecule has 0 aliphatic carbocycles. The molecule has 0 bridgehead atoms. The average molecular weight is 111 g/mol. The van der Waals surface area contributed by atoms with E-state index in [1.807, 2.05) is 0 Å². The third-order valence-electron chi connectivity index (χ3n) is 0.258. The molecular formula is C6H9NO. The minimum Gasteiger partial charge on any atom is -0.505 e. The van der Waals surface area contributed by atoms with E-state index in [2.05, 4.69) is 17.9 Å². The molecule has 0 N–H and O–H groups in total. The number of nitrogens with zero attached hydrogens (tertiary/aromatic N) is 1. The van der Waals surface area contributed by atoms with Crippen LogP contribution in [0.4, 0.5) is 0 Å². The molecule has 0 fully saturated rings. The minimum atomic E-state index is 1.18. The van der Waals surface area contributed by atoms with Gasteiger partial charge >= 0.3 is 0 Å². The Morgan fingerprint density at radius 1 is 1.62 bits per heavy atom. The Kier molecular flexibility index (Phi) is 21.2. The number of rotatable bonds is 1. The van der Waals surface area contributed by atoms with Crippen LogP contribution in [0.25, 0.3) is 0 Å². The lowest BCUT2D eigenvalue weighted by Gasteiger charge is -1.73. The van der Waals surface area contributed by atoms with Gasteiger partial charge in [-0.1, -0.05) is 13.2 Å². The molecule has 0 saturated heterocycles. The normalized spacial score (nSPS) is 4.50. The molecule has 0 spiro atoms. The lowest BCUT2D eigenvalue weighted by atomic mass is 10.8. The van der Waals surface area contributed by atoms with E-state index in [1.54, 1.807) is 13.2 Å². The molecule has 2 heteroatoms. The largest absolute Gasteiger partial charge is 0.505 e. The number of nitriles is 1. The molecule has 0 aromatic rings. The van der Waals surface area contributed by atoms with Gasteiger partial charge in [-0.25, -0.2) is 0 Å². The maximum atomic E-state index is 7.51. The molecule has 0 amide bonds. The van der Waals surface area contributed by atoms with Gasteiger partial charge in [0.25, 0.3) is 0 Å². The van der Waals surface area contributed by atoms with Gasteiger partial charge in [0, 0.05) is 6.08 Å². The minimum absolute atomic E-state index is 1.18. The highest BCUT2D eigenvalue weighted by Gasteiger charge is 1.36. The summed E-state index contributed by atoms with van der Waals surface area (Å²) in [4.78, 5) is 0. The molecule has 0 aromatic heterocycles. The van der Waals surface area contributed by atoms with Gasteiger partial charge < -0.3 is 4.74 Å².